The van der Waals surface area contributed by atoms with E-state index in [1.54, 1.807) is 12.4 Å². The number of benzene rings is 2. The van der Waals surface area contributed by atoms with Crippen LogP contribution in [0, 0.1) is 0 Å². The Morgan fingerprint density at radius 2 is 1.71 bits per heavy atom. The molecule has 0 bridgehead atoms. The summed E-state index contributed by atoms with van der Waals surface area (Å²) in [5, 5.41) is 10.5. The number of hydrogen-bond donors (Lipinski definition) is 0. The van der Waals surface area contributed by atoms with E-state index >= 15 is 0 Å². The summed E-state index contributed by atoms with van der Waals surface area (Å²) >= 11 is 5.99. The van der Waals surface area contributed by atoms with E-state index in [-0.39, 0.29) is 0 Å². The van der Waals surface area contributed by atoms with Crippen molar-refractivity contribution in [3.63, 3.8) is 0 Å². The third-order valence-corrected chi connectivity index (χ3v) is 4.72. The van der Waals surface area contributed by atoms with Gasteiger partial charge in [-0.2, -0.15) is 10.1 Å². The molecular weight excluding hydrogens is 374 g/mol. The molecule has 3 heterocycles. The van der Waals surface area contributed by atoms with Crippen molar-refractivity contribution in [2.75, 3.05) is 0 Å². The van der Waals surface area contributed by atoms with Crippen LogP contribution in [-0.4, -0.2) is 24.9 Å². The lowest BCUT2D eigenvalue weighted by Gasteiger charge is -2.03. The Kier molecular flexibility index (Phi) is 4.10. The summed E-state index contributed by atoms with van der Waals surface area (Å²) in [6, 6.07) is 19.4. The molecule has 136 valence electrons. The summed E-state index contributed by atoms with van der Waals surface area (Å²) in [6.07, 6.45) is 3.39. The summed E-state index contributed by atoms with van der Waals surface area (Å²) in [5.41, 5.74) is 3.61. The van der Waals surface area contributed by atoms with Crippen LogP contribution in [0.15, 0.2) is 77.6 Å². The molecule has 6 nitrogen and oxygen atoms in total. The Morgan fingerprint density at radius 1 is 0.929 bits per heavy atom. The maximum absolute atomic E-state index is 5.99. The van der Waals surface area contributed by atoms with Gasteiger partial charge in [0.1, 0.15) is 0 Å². The van der Waals surface area contributed by atoms with Crippen LogP contribution in [0.4, 0.5) is 0 Å². The van der Waals surface area contributed by atoms with Crippen molar-refractivity contribution >= 4 is 22.5 Å². The largest absolute Gasteiger partial charge is 0.332 e. The number of halogens is 1. The summed E-state index contributed by atoms with van der Waals surface area (Å²) in [6.45, 7) is 0.614. The van der Waals surface area contributed by atoms with Crippen molar-refractivity contribution in [3.8, 4) is 23.0 Å². The quantitative estimate of drug-likeness (QED) is 0.441. The van der Waals surface area contributed by atoms with Gasteiger partial charge in [-0.15, -0.1) is 0 Å². The maximum atomic E-state index is 5.99. The van der Waals surface area contributed by atoms with Gasteiger partial charge in [-0.3, -0.25) is 9.67 Å². The molecule has 0 unspecified atom stereocenters. The van der Waals surface area contributed by atoms with Crippen LogP contribution in [0.25, 0.3) is 33.9 Å². The monoisotopic (exact) mass is 387 g/mol. The number of hydrogen-bond acceptors (Lipinski definition) is 5. The second kappa shape index (κ2) is 6.90. The van der Waals surface area contributed by atoms with Gasteiger partial charge in [0.05, 0.1) is 12.1 Å². The van der Waals surface area contributed by atoms with Crippen LogP contribution in [0.2, 0.25) is 5.02 Å². The smallest absolute Gasteiger partial charge is 0.279 e. The molecule has 28 heavy (non-hydrogen) atoms. The number of fused-ring (bicyclic) bond motifs is 1. The lowest BCUT2D eigenvalue weighted by Crippen LogP contribution is -2.01. The average molecular weight is 388 g/mol. The third kappa shape index (κ3) is 3.04. The highest BCUT2D eigenvalue weighted by atomic mass is 35.5. The molecule has 5 rings (SSSR count). The summed E-state index contributed by atoms with van der Waals surface area (Å²) in [4.78, 5) is 8.55. The van der Waals surface area contributed by atoms with Gasteiger partial charge in [-0.25, -0.2) is 0 Å². The predicted molar refractivity (Wildman–Crippen MR) is 107 cm³/mol. The predicted octanol–water partition coefficient (Wildman–Crippen LogP) is 4.85. The van der Waals surface area contributed by atoms with Crippen molar-refractivity contribution in [2.45, 2.75) is 6.54 Å². The van der Waals surface area contributed by atoms with E-state index in [2.05, 4.69) is 15.1 Å². The highest BCUT2D eigenvalue weighted by Crippen LogP contribution is 2.29. The number of pyridine rings is 1. The Labute approximate surface area is 165 Å². The number of aromatic nitrogens is 5. The molecule has 0 saturated carbocycles. The maximum Gasteiger partial charge on any atom is 0.279 e. The molecule has 0 N–H and O–H groups in total. The van der Waals surface area contributed by atoms with E-state index in [0.29, 0.717) is 29.0 Å². The molecule has 0 fully saturated rings. The Bertz CT molecular complexity index is 1250. The van der Waals surface area contributed by atoms with Gasteiger partial charge < -0.3 is 4.52 Å². The Balaban J connectivity index is 1.57. The minimum atomic E-state index is 0.387. The van der Waals surface area contributed by atoms with E-state index in [9.17, 15) is 0 Å². The molecule has 0 spiro atoms. The van der Waals surface area contributed by atoms with E-state index < -0.39 is 0 Å². The van der Waals surface area contributed by atoms with Gasteiger partial charge in [0, 0.05) is 28.4 Å². The first-order valence-electron chi connectivity index (χ1n) is 8.72. The van der Waals surface area contributed by atoms with E-state index in [4.69, 9.17) is 21.2 Å². The molecule has 5 aromatic rings. The Hall–Kier alpha value is -3.51. The van der Waals surface area contributed by atoms with E-state index in [0.717, 1.165) is 22.0 Å². The second-order valence-corrected chi connectivity index (χ2v) is 6.75. The highest BCUT2D eigenvalue weighted by molar-refractivity contribution is 6.30. The normalized spacial score (nSPS) is 11.2. The minimum Gasteiger partial charge on any atom is -0.332 e. The highest BCUT2D eigenvalue weighted by Gasteiger charge is 2.18. The van der Waals surface area contributed by atoms with Crippen LogP contribution in [0.5, 0.6) is 0 Å². The molecule has 7 heteroatoms. The van der Waals surface area contributed by atoms with Gasteiger partial charge in [0.2, 0.25) is 5.82 Å². The van der Waals surface area contributed by atoms with Gasteiger partial charge in [0.25, 0.3) is 5.89 Å². The molecule has 0 aliphatic carbocycles. The fraction of sp³-hybridized carbons (Fsp3) is 0.0476. The molecule has 0 amide bonds. The molecule has 3 aromatic heterocycles. The van der Waals surface area contributed by atoms with Gasteiger partial charge in [-0.1, -0.05) is 47.1 Å². The fourth-order valence-corrected chi connectivity index (χ4v) is 3.23. The van der Waals surface area contributed by atoms with Crippen LogP contribution < -0.4 is 0 Å². The van der Waals surface area contributed by atoms with Crippen molar-refractivity contribution in [3.05, 3.63) is 83.6 Å². The molecular formula is C21H14ClN5O. The summed E-state index contributed by atoms with van der Waals surface area (Å²) in [7, 11) is 0. The first kappa shape index (κ1) is 16.6. The lowest BCUT2D eigenvalue weighted by atomic mass is 10.2. The number of nitrogens with zero attached hydrogens (tertiary/aromatic N) is 5. The topological polar surface area (TPSA) is 69.6 Å². The van der Waals surface area contributed by atoms with E-state index in [1.807, 2.05) is 65.3 Å². The van der Waals surface area contributed by atoms with Crippen LogP contribution in [0.3, 0.4) is 0 Å². The van der Waals surface area contributed by atoms with Crippen molar-refractivity contribution in [2.24, 2.45) is 0 Å². The third-order valence-electron chi connectivity index (χ3n) is 4.47. The molecule has 0 atom stereocenters. The fourth-order valence-electron chi connectivity index (χ4n) is 3.11. The average Bonchev–Trinajstić information content (AvgIpc) is 3.36. The van der Waals surface area contributed by atoms with Gasteiger partial charge in [0.15, 0.2) is 5.69 Å². The SMILES string of the molecule is Clc1ccc(Cn2nc(-c3nc(-c4ccncc4)no3)c3ccccc32)cc1. The zero-order chi connectivity index (χ0) is 18.9. The van der Waals surface area contributed by atoms with Gasteiger partial charge >= 0.3 is 0 Å². The summed E-state index contributed by atoms with van der Waals surface area (Å²) < 4.78 is 7.45. The first-order valence-corrected chi connectivity index (χ1v) is 9.10. The van der Waals surface area contributed by atoms with Crippen LogP contribution in [-0.2, 0) is 6.54 Å². The van der Waals surface area contributed by atoms with Crippen molar-refractivity contribution < 1.29 is 4.52 Å². The van der Waals surface area contributed by atoms with Crippen molar-refractivity contribution in [1.82, 2.24) is 24.9 Å². The molecule has 0 aliphatic rings. The second-order valence-electron chi connectivity index (χ2n) is 6.31. The van der Waals surface area contributed by atoms with Crippen LogP contribution >= 0.6 is 11.6 Å². The van der Waals surface area contributed by atoms with E-state index in [1.165, 1.54) is 0 Å². The number of para-hydroxylation sites is 1. The first-order chi connectivity index (χ1) is 13.8. The summed E-state index contributed by atoms with van der Waals surface area (Å²) in [5.74, 6) is 0.895. The standard InChI is InChI=1S/C21H14ClN5O/c22-16-7-5-14(6-8-16)13-27-18-4-2-1-3-17(18)19(25-27)21-24-20(26-28-21)15-9-11-23-12-10-15/h1-12H,13H2. The molecule has 0 radical (unpaired) electrons. The van der Waals surface area contributed by atoms with Crippen LogP contribution in [0.1, 0.15) is 5.56 Å². The van der Waals surface area contributed by atoms with Gasteiger partial charge in [-0.05, 0) is 35.9 Å². The zero-order valence-electron chi connectivity index (χ0n) is 14.7. The van der Waals surface area contributed by atoms with Crippen molar-refractivity contribution in [1.29, 1.82) is 0 Å². The minimum absolute atomic E-state index is 0.387. The lowest BCUT2D eigenvalue weighted by molar-refractivity contribution is 0.430. The molecule has 0 aliphatic heterocycles. The zero-order valence-corrected chi connectivity index (χ0v) is 15.4. The molecule has 0 saturated heterocycles. The number of rotatable bonds is 4. The molecule has 2 aromatic carbocycles. The Morgan fingerprint density at radius 3 is 2.54 bits per heavy atom.